The summed E-state index contributed by atoms with van der Waals surface area (Å²) in [5, 5.41) is 15.9. The van der Waals surface area contributed by atoms with E-state index in [1.165, 1.54) is 0 Å². The van der Waals surface area contributed by atoms with Crippen LogP contribution in [0.2, 0.25) is 0 Å². The Bertz CT molecular complexity index is 1380. The van der Waals surface area contributed by atoms with E-state index in [9.17, 15) is 19.5 Å². The van der Waals surface area contributed by atoms with E-state index in [1.54, 1.807) is 0 Å². The quantitative estimate of drug-likeness (QED) is 0.186. The third-order valence-electron chi connectivity index (χ3n) is 7.60. The molecule has 9 heteroatoms. The van der Waals surface area contributed by atoms with Gasteiger partial charge in [0.1, 0.15) is 19.0 Å². The highest BCUT2D eigenvalue weighted by Crippen LogP contribution is 2.17. The van der Waals surface area contributed by atoms with Gasteiger partial charge in [-0.3, -0.25) is 14.4 Å². The second-order valence-corrected chi connectivity index (χ2v) is 11.5. The Kier molecular flexibility index (Phi) is 14.3. The number of carbonyl (C=O) groups excluding carboxylic acids is 3. The van der Waals surface area contributed by atoms with Crippen molar-refractivity contribution in [1.29, 1.82) is 0 Å². The molecule has 2 amide bonds. The second-order valence-electron chi connectivity index (χ2n) is 11.5. The minimum absolute atomic E-state index is 0.0195. The SMILES string of the molecule is O=C(CC1CC=CCCCC(=O)OCC(COCc2ccccc2)NC1=O)NC(CO)Cc1ccc(OCc2ccccc2)cc1. The molecule has 0 spiro atoms. The molecule has 3 N–H and O–H groups in total. The van der Waals surface area contributed by atoms with Crippen LogP contribution in [-0.2, 0) is 43.5 Å². The molecule has 46 heavy (non-hydrogen) atoms. The summed E-state index contributed by atoms with van der Waals surface area (Å²) in [6, 6.07) is 26.0. The van der Waals surface area contributed by atoms with Gasteiger partial charge in [0.05, 0.1) is 37.8 Å². The number of carbonyl (C=O) groups is 3. The smallest absolute Gasteiger partial charge is 0.305 e. The van der Waals surface area contributed by atoms with Crippen molar-refractivity contribution in [2.45, 2.75) is 63.8 Å². The second kappa shape index (κ2) is 19.1. The van der Waals surface area contributed by atoms with Crippen LogP contribution in [0.3, 0.4) is 0 Å². The number of rotatable bonds is 13. The minimum atomic E-state index is -0.648. The van der Waals surface area contributed by atoms with Gasteiger partial charge in [-0.25, -0.2) is 0 Å². The lowest BCUT2D eigenvalue weighted by molar-refractivity contribution is -0.146. The average Bonchev–Trinajstić information content (AvgIpc) is 3.09. The van der Waals surface area contributed by atoms with Gasteiger partial charge in [0, 0.05) is 12.8 Å². The summed E-state index contributed by atoms with van der Waals surface area (Å²) in [7, 11) is 0. The summed E-state index contributed by atoms with van der Waals surface area (Å²) >= 11 is 0. The number of benzene rings is 3. The van der Waals surface area contributed by atoms with Gasteiger partial charge in [0.2, 0.25) is 11.8 Å². The van der Waals surface area contributed by atoms with Gasteiger partial charge in [0.15, 0.2) is 0 Å². The maximum absolute atomic E-state index is 13.4. The topological polar surface area (TPSA) is 123 Å². The van der Waals surface area contributed by atoms with Crippen LogP contribution in [0.1, 0.15) is 48.8 Å². The highest BCUT2D eigenvalue weighted by atomic mass is 16.5. The lowest BCUT2D eigenvalue weighted by Gasteiger charge is -2.23. The Balaban J connectivity index is 1.31. The van der Waals surface area contributed by atoms with Gasteiger partial charge in [0.25, 0.3) is 0 Å². The maximum atomic E-state index is 13.4. The van der Waals surface area contributed by atoms with E-state index >= 15 is 0 Å². The lowest BCUT2D eigenvalue weighted by Crippen LogP contribution is -2.46. The third-order valence-corrected chi connectivity index (χ3v) is 7.60. The fraction of sp³-hybridized carbons (Fsp3) is 0.378. The molecule has 0 saturated carbocycles. The summed E-state index contributed by atoms with van der Waals surface area (Å²) in [6.07, 6.45) is 6.12. The fourth-order valence-corrected chi connectivity index (χ4v) is 5.05. The van der Waals surface area contributed by atoms with E-state index in [-0.39, 0.29) is 50.4 Å². The number of amides is 2. The van der Waals surface area contributed by atoms with E-state index in [2.05, 4.69) is 10.6 Å². The maximum Gasteiger partial charge on any atom is 0.305 e. The van der Waals surface area contributed by atoms with Crippen molar-refractivity contribution in [3.8, 4) is 5.75 Å². The lowest BCUT2D eigenvalue weighted by atomic mass is 9.98. The number of hydrogen-bond donors (Lipinski definition) is 3. The molecule has 0 fully saturated rings. The van der Waals surface area contributed by atoms with Crippen LogP contribution in [0.5, 0.6) is 5.75 Å². The molecule has 244 valence electrons. The first-order valence-electron chi connectivity index (χ1n) is 15.9. The van der Waals surface area contributed by atoms with Crippen LogP contribution in [0.4, 0.5) is 0 Å². The van der Waals surface area contributed by atoms with Gasteiger partial charge < -0.3 is 30.0 Å². The molecule has 3 atom stereocenters. The summed E-state index contributed by atoms with van der Waals surface area (Å²) < 4.78 is 17.1. The molecule has 0 aliphatic carbocycles. The fourth-order valence-electron chi connectivity index (χ4n) is 5.05. The van der Waals surface area contributed by atoms with Crippen molar-refractivity contribution in [2.24, 2.45) is 5.92 Å². The van der Waals surface area contributed by atoms with Crippen molar-refractivity contribution in [3.05, 3.63) is 114 Å². The molecule has 3 unspecified atom stereocenters. The van der Waals surface area contributed by atoms with E-state index in [4.69, 9.17) is 14.2 Å². The first kappa shape index (κ1) is 34.4. The number of aliphatic hydroxyl groups is 1. The molecule has 0 aromatic heterocycles. The number of ether oxygens (including phenoxy) is 3. The Labute approximate surface area is 271 Å². The van der Waals surface area contributed by atoms with E-state index < -0.39 is 18.0 Å². The molecule has 3 aromatic carbocycles. The van der Waals surface area contributed by atoms with E-state index in [0.29, 0.717) is 38.9 Å². The molecule has 0 radical (unpaired) electrons. The Morgan fingerprint density at radius 1 is 0.913 bits per heavy atom. The van der Waals surface area contributed by atoms with E-state index in [0.717, 1.165) is 22.4 Å². The van der Waals surface area contributed by atoms with Crippen LogP contribution >= 0.6 is 0 Å². The van der Waals surface area contributed by atoms with Crippen molar-refractivity contribution in [2.75, 3.05) is 19.8 Å². The van der Waals surface area contributed by atoms with Crippen molar-refractivity contribution < 1.29 is 33.7 Å². The van der Waals surface area contributed by atoms with Gasteiger partial charge in [-0.15, -0.1) is 0 Å². The van der Waals surface area contributed by atoms with Gasteiger partial charge in [-0.2, -0.15) is 0 Å². The van der Waals surface area contributed by atoms with E-state index in [1.807, 2.05) is 97.1 Å². The molecule has 0 bridgehead atoms. The predicted molar refractivity (Wildman–Crippen MR) is 175 cm³/mol. The largest absolute Gasteiger partial charge is 0.489 e. The number of aliphatic hydroxyl groups excluding tert-OH is 1. The zero-order chi connectivity index (χ0) is 32.4. The summed E-state index contributed by atoms with van der Waals surface area (Å²) in [6.45, 7) is 0.689. The molecule has 1 heterocycles. The molecule has 0 saturated heterocycles. The highest BCUT2D eigenvalue weighted by molar-refractivity contribution is 5.86. The average molecular weight is 629 g/mol. The number of cyclic esters (lactones) is 1. The third kappa shape index (κ3) is 12.5. The number of allylic oxidation sites excluding steroid dienone is 2. The Hall–Kier alpha value is -4.47. The molecule has 9 nitrogen and oxygen atoms in total. The minimum Gasteiger partial charge on any atom is -0.489 e. The summed E-state index contributed by atoms with van der Waals surface area (Å²) in [5.41, 5.74) is 2.99. The zero-order valence-electron chi connectivity index (χ0n) is 26.1. The van der Waals surface area contributed by atoms with Crippen LogP contribution in [0, 0.1) is 5.92 Å². The Morgan fingerprint density at radius 3 is 2.30 bits per heavy atom. The van der Waals surface area contributed by atoms with Gasteiger partial charge in [-0.1, -0.05) is 84.9 Å². The van der Waals surface area contributed by atoms with Crippen LogP contribution < -0.4 is 15.4 Å². The van der Waals surface area contributed by atoms with Crippen LogP contribution in [0.25, 0.3) is 0 Å². The van der Waals surface area contributed by atoms with Crippen molar-refractivity contribution in [3.63, 3.8) is 0 Å². The first-order valence-corrected chi connectivity index (χ1v) is 15.9. The number of esters is 1. The molecule has 1 aliphatic rings. The first-order chi connectivity index (χ1) is 22.5. The number of hydrogen-bond acceptors (Lipinski definition) is 7. The summed E-state index contributed by atoms with van der Waals surface area (Å²) in [5.74, 6) is -0.897. The molecule has 1 aliphatic heterocycles. The van der Waals surface area contributed by atoms with Crippen molar-refractivity contribution >= 4 is 17.8 Å². The molecule has 3 aromatic rings. The molecule has 4 rings (SSSR count). The van der Waals surface area contributed by atoms with Crippen LogP contribution in [0.15, 0.2) is 97.1 Å². The molecular formula is C37H44N2O7. The summed E-state index contributed by atoms with van der Waals surface area (Å²) in [4.78, 5) is 38.7. The van der Waals surface area contributed by atoms with Crippen LogP contribution in [-0.4, -0.2) is 54.8 Å². The monoisotopic (exact) mass is 628 g/mol. The zero-order valence-corrected chi connectivity index (χ0v) is 26.1. The van der Waals surface area contributed by atoms with Gasteiger partial charge >= 0.3 is 5.97 Å². The molecular weight excluding hydrogens is 584 g/mol. The highest BCUT2D eigenvalue weighted by Gasteiger charge is 2.26. The normalized spacial score (nSPS) is 18.2. The standard InChI is InChI=1S/C37H44N2O7/c40-23-32(21-28-17-19-34(20-18-28)45-25-30-13-7-4-8-14-30)38-35(41)22-31-15-9-1-2-10-16-36(42)46-27-33(39-37(31)43)26-44-24-29-11-5-3-6-12-29/h1,3-9,11-14,17-20,31-33,40H,2,10,15-16,21-27H2,(H,38,41)(H,39,43). The van der Waals surface area contributed by atoms with Crippen molar-refractivity contribution in [1.82, 2.24) is 10.6 Å². The Morgan fingerprint density at radius 2 is 1.61 bits per heavy atom. The van der Waals surface area contributed by atoms with Gasteiger partial charge in [-0.05, 0) is 54.5 Å². The number of nitrogens with one attached hydrogen (secondary N) is 2. The predicted octanol–water partition coefficient (Wildman–Crippen LogP) is 4.67.